The Kier molecular flexibility index (Phi) is 2.58. The minimum Gasteiger partial charge on any atom is -0.392 e. The van der Waals surface area contributed by atoms with Crippen LogP contribution < -0.4 is 5.73 Å². The molecule has 3 unspecified atom stereocenters. The maximum absolute atomic E-state index is 9.80. The van der Waals surface area contributed by atoms with E-state index < -0.39 is 0 Å². The van der Waals surface area contributed by atoms with Crippen LogP contribution in [0.4, 0.5) is 0 Å². The van der Waals surface area contributed by atoms with Crippen molar-refractivity contribution in [2.45, 2.75) is 31.9 Å². The van der Waals surface area contributed by atoms with Crippen LogP contribution in [0.2, 0.25) is 0 Å². The smallest absolute Gasteiger partial charge is 0.0620 e. The largest absolute Gasteiger partial charge is 0.392 e. The van der Waals surface area contributed by atoms with Gasteiger partial charge in [-0.1, -0.05) is 0 Å². The zero-order valence-electron chi connectivity index (χ0n) is 8.32. The molecule has 3 heteroatoms. The second-order valence-corrected chi connectivity index (χ2v) is 4.78. The first-order chi connectivity index (χ1) is 6.16. The van der Waals surface area contributed by atoms with Gasteiger partial charge >= 0.3 is 0 Å². The van der Waals surface area contributed by atoms with Crippen molar-refractivity contribution in [2.24, 2.45) is 17.6 Å². The van der Waals surface area contributed by atoms with Crippen molar-refractivity contribution in [2.75, 3.05) is 19.6 Å². The van der Waals surface area contributed by atoms with Gasteiger partial charge in [-0.25, -0.2) is 0 Å². The lowest BCUT2D eigenvalue weighted by atomic mass is 9.95. The van der Waals surface area contributed by atoms with Crippen molar-refractivity contribution in [3.63, 3.8) is 0 Å². The maximum atomic E-state index is 9.80. The molecule has 13 heavy (non-hydrogen) atoms. The van der Waals surface area contributed by atoms with E-state index in [1.54, 1.807) is 0 Å². The van der Waals surface area contributed by atoms with E-state index in [9.17, 15) is 5.11 Å². The summed E-state index contributed by atoms with van der Waals surface area (Å²) in [5.41, 5.74) is 5.77. The van der Waals surface area contributed by atoms with E-state index in [-0.39, 0.29) is 12.1 Å². The zero-order chi connectivity index (χ0) is 9.42. The average molecular weight is 184 g/mol. The van der Waals surface area contributed by atoms with Gasteiger partial charge in [-0.2, -0.15) is 0 Å². The Bertz CT molecular complexity index is 170. The summed E-state index contributed by atoms with van der Waals surface area (Å²) in [6.07, 6.45) is 2.40. The van der Waals surface area contributed by atoms with Gasteiger partial charge in [0.05, 0.1) is 6.10 Å². The van der Waals surface area contributed by atoms with Crippen LogP contribution in [0, 0.1) is 11.8 Å². The molecule has 1 aliphatic carbocycles. The molecule has 0 amide bonds. The van der Waals surface area contributed by atoms with Crippen molar-refractivity contribution in [3.05, 3.63) is 0 Å². The van der Waals surface area contributed by atoms with Gasteiger partial charge in [0.2, 0.25) is 0 Å². The SMILES string of the molecule is CC(N)CN1CC2CCC(C1)C2O. The minimum absolute atomic E-state index is 0.0238. The highest BCUT2D eigenvalue weighted by molar-refractivity contribution is 4.93. The molecule has 1 saturated heterocycles. The molecule has 1 aliphatic heterocycles. The molecular formula is C10H20N2O. The highest BCUT2D eigenvalue weighted by Gasteiger charge is 2.40. The van der Waals surface area contributed by atoms with Crippen molar-refractivity contribution < 1.29 is 5.11 Å². The topological polar surface area (TPSA) is 49.5 Å². The summed E-state index contributed by atoms with van der Waals surface area (Å²) in [6, 6.07) is 0.259. The molecule has 1 heterocycles. The third kappa shape index (κ3) is 1.87. The molecule has 0 aromatic carbocycles. The number of aliphatic hydroxyl groups is 1. The summed E-state index contributed by atoms with van der Waals surface area (Å²) in [4.78, 5) is 2.42. The summed E-state index contributed by atoms with van der Waals surface area (Å²) < 4.78 is 0. The molecule has 76 valence electrons. The first-order valence-electron chi connectivity index (χ1n) is 5.33. The highest BCUT2D eigenvalue weighted by Crippen LogP contribution is 2.36. The first kappa shape index (κ1) is 9.44. The van der Waals surface area contributed by atoms with Gasteiger partial charge < -0.3 is 15.7 Å². The molecule has 2 rings (SSSR count). The molecule has 2 bridgehead atoms. The van der Waals surface area contributed by atoms with E-state index in [0.717, 1.165) is 19.6 Å². The maximum Gasteiger partial charge on any atom is 0.0620 e. The summed E-state index contributed by atoms with van der Waals surface area (Å²) in [5, 5.41) is 9.80. The highest BCUT2D eigenvalue weighted by atomic mass is 16.3. The van der Waals surface area contributed by atoms with E-state index in [2.05, 4.69) is 4.90 Å². The monoisotopic (exact) mass is 184 g/mol. The number of likely N-dealkylation sites (tertiary alicyclic amines) is 1. The summed E-state index contributed by atoms with van der Waals surface area (Å²) in [7, 11) is 0. The third-order valence-corrected chi connectivity index (χ3v) is 3.41. The molecule has 2 aliphatic rings. The number of rotatable bonds is 2. The van der Waals surface area contributed by atoms with Crippen LogP contribution in [-0.2, 0) is 0 Å². The van der Waals surface area contributed by atoms with Gasteiger partial charge in [-0.05, 0) is 31.6 Å². The fraction of sp³-hybridized carbons (Fsp3) is 1.00. The Hall–Kier alpha value is -0.120. The van der Waals surface area contributed by atoms with Crippen molar-refractivity contribution in [3.8, 4) is 0 Å². The standard InChI is InChI=1S/C10H20N2O/c1-7(11)4-12-5-8-2-3-9(6-12)10(8)13/h7-10,13H,2-6,11H2,1H3. The number of aliphatic hydroxyl groups excluding tert-OH is 1. The Labute approximate surface area is 79.9 Å². The lowest BCUT2D eigenvalue weighted by Crippen LogP contribution is -2.48. The van der Waals surface area contributed by atoms with Crippen LogP contribution in [-0.4, -0.2) is 41.8 Å². The minimum atomic E-state index is -0.0238. The van der Waals surface area contributed by atoms with E-state index in [1.807, 2.05) is 6.92 Å². The van der Waals surface area contributed by atoms with E-state index in [0.29, 0.717) is 11.8 Å². The third-order valence-electron chi connectivity index (χ3n) is 3.41. The van der Waals surface area contributed by atoms with E-state index in [4.69, 9.17) is 5.73 Å². The van der Waals surface area contributed by atoms with Gasteiger partial charge in [0.15, 0.2) is 0 Å². The molecule has 3 atom stereocenters. The van der Waals surface area contributed by atoms with Crippen molar-refractivity contribution in [1.82, 2.24) is 4.90 Å². The number of fused-ring (bicyclic) bond motifs is 2. The van der Waals surface area contributed by atoms with Crippen LogP contribution >= 0.6 is 0 Å². The molecule has 0 aromatic heterocycles. The fourth-order valence-corrected chi connectivity index (χ4v) is 2.85. The van der Waals surface area contributed by atoms with Gasteiger partial charge in [-0.3, -0.25) is 0 Å². The fourth-order valence-electron chi connectivity index (χ4n) is 2.85. The second-order valence-electron chi connectivity index (χ2n) is 4.78. The van der Waals surface area contributed by atoms with E-state index in [1.165, 1.54) is 12.8 Å². The molecule has 2 fully saturated rings. The number of nitrogens with zero attached hydrogens (tertiary/aromatic N) is 1. The summed E-state index contributed by atoms with van der Waals surface area (Å²) in [6.45, 7) is 5.14. The Morgan fingerprint density at radius 1 is 1.38 bits per heavy atom. The molecule has 3 N–H and O–H groups in total. The predicted molar refractivity (Wildman–Crippen MR) is 52.3 cm³/mol. The first-order valence-corrected chi connectivity index (χ1v) is 5.33. The average Bonchev–Trinajstić information content (AvgIpc) is 2.33. The normalized spacial score (nSPS) is 42.2. The van der Waals surface area contributed by atoms with Crippen molar-refractivity contribution >= 4 is 0 Å². The molecule has 0 aromatic rings. The van der Waals surface area contributed by atoms with Crippen LogP contribution in [0.15, 0.2) is 0 Å². The Balaban J connectivity index is 1.91. The Morgan fingerprint density at radius 2 is 1.92 bits per heavy atom. The van der Waals surface area contributed by atoms with Gasteiger partial charge in [0.1, 0.15) is 0 Å². The zero-order valence-corrected chi connectivity index (χ0v) is 8.32. The molecule has 3 nitrogen and oxygen atoms in total. The summed E-state index contributed by atoms with van der Waals surface area (Å²) >= 11 is 0. The number of nitrogens with two attached hydrogens (primary N) is 1. The quantitative estimate of drug-likeness (QED) is 0.637. The van der Waals surface area contributed by atoms with E-state index >= 15 is 0 Å². The lowest BCUT2D eigenvalue weighted by molar-refractivity contribution is 0.0155. The van der Waals surface area contributed by atoms with Crippen LogP contribution in [0.3, 0.4) is 0 Å². The molecule has 1 saturated carbocycles. The van der Waals surface area contributed by atoms with Crippen LogP contribution in [0.1, 0.15) is 19.8 Å². The van der Waals surface area contributed by atoms with Crippen LogP contribution in [0.25, 0.3) is 0 Å². The van der Waals surface area contributed by atoms with Gasteiger partial charge in [0, 0.05) is 25.7 Å². The number of hydrogen-bond acceptors (Lipinski definition) is 3. The molecule has 0 spiro atoms. The van der Waals surface area contributed by atoms with Crippen molar-refractivity contribution in [1.29, 1.82) is 0 Å². The summed E-state index contributed by atoms with van der Waals surface area (Å²) in [5.74, 6) is 1.05. The Morgan fingerprint density at radius 3 is 2.38 bits per heavy atom. The van der Waals surface area contributed by atoms with Crippen LogP contribution in [0.5, 0.6) is 0 Å². The number of hydrogen-bond donors (Lipinski definition) is 2. The number of piperidine rings is 1. The second kappa shape index (κ2) is 3.56. The molecule has 0 radical (unpaired) electrons. The predicted octanol–water partition coefficient (Wildman–Crippen LogP) is 0.0363. The van der Waals surface area contributed by atoms with Gasteiger partial charge in [-0.15, -0.1) is 0 Å². The molecular weight excluding hydrogens is 164 g/mol. The van der Waals surface area contributed by atoms with Gasteiger partial charge in [0.25, 0.3) is 0 Å². The lowest BCUT2D eigenvalue weighted by Gasteiger charge is -2.36.